The van der Waals surface area contributed by atoms with Crippen molar-refractivity contribution in [1.82, 2.24) is 14.2 Å². The van der Waals surface area contributed by atoms with Crippen molar-refractivity contribution >= 4 is 10.0 Å². The number of aromatic nitrogens is 1. The molecule has 148 valence electrons. The number of nitrogens with zero attached hydrogens (tertiary/aromatic N) is 3. The van der Waals surface area contributed by atoms with Gasteiger partial charge in [0.2, 0.25) is 10.0 Å². The van der Waals surface area contributed by atoms with Crippen molar-refractivity contribution in [2.75, 3.05) is 13.1 Å². The van der Waals surface area contributed by atoms with Gasteiger partial charge >= 0.3 is 0 Å². The first-order valence-electron chi connectivity index (χ1n) is 9.87. The number of hydrogen-bond acceptors (Lipinski definition) is 4. The SMILES string of the molecule is O=S1(=O)c2ccccc2C2(CCN(Cc3ccncc3)C2)N1Cc1ccccc1. The summed E-state index contributed by atoms with van der Waals surface area (Å²) in [6, 6.07) is 21.4. The number of rotatable bonds is 4. The summed E-state index contributed by atoms with van der Waals surface area (Å²) < 4.78 is 28.8. The average Bonchev–Trinajstić information content (AvgIpc) is 3.24. The van der Waals surface area contributed by atoms with Crippen LogP contribution in [0.25, 0.3) is 0 Å². The molecule has 0 amide bonds. The molecule has 0 radical (unpaired) electrons. The van der Waals surface area contributed by atoms with Crippen molar-refractivity contribution in [3.8, 4) is 0 Å². The quantitative estimate of drug-likeness (QED) is 0.668. The van der Waals surface area contributed by atoms with E-state index in [-0.39, 0.29) is 0 Å². The lowest BCUT2D eigenvalue weighted by molar-refractivity contribution is 0.184. The first-order valence-corrected chi connectivity index (χ1v) is 11.3. The third-order valence-electron chi connectivity index (χ3n) is 6.09. The van der Waals surface area contributed by atoms with E-state index in [4.69, 9.17) is 0 Å². The highest BCUT2D eigenvalue weighted by molar-refractivity contribution is 7.89. The Morgan fingerprint density at radius 1 is 0.862 bits per heavy atom. The van der Waals surface area contributed by atoms with Crippen LogP contribution in [0.5, 0.6) is 0 Å². The lowest BCUT2D eigenvalue weighted by Gasteiger charge is -2.34. The van der Waals surface area contributed by atoms with Crippen molar-refractivity contribution in [3.63, 3.8) is 0 Å². The molecular formula is C23H23N3O2S. The van der Waals surface area contributed by atoms with Crippen LogP contribution in [-0.2, 0) is 28.7 Å². The van der Waals surface area contributed by atoms with Crippen LogP contribution in [0.2, 0.25) is 0 Å². The summed E-state index contributed by atoms with van der Waals surface area (Å²) in [6.07, 6.45) is 4.40. The summed E-state index contributed by atoms with van der Waals surface area (Å²) in [6.45, 7) is 2.74. The highest BCUT2D eigenvalue weighted by atomic mass is 32.2. The maximum absolute atomic E-state index is 13.5. The molecule has 1 spiro atoms. The molecule has 3 aromatic rings. The minimum absolute atomic E-state index is 0.390. The van der Waals surface area contributed by atoms with Crippen molar-refractivity contribution in [1.29, 1.82) is 0 Å². The van der Waals surface area contributed by atoms with E-state index < -0.39 is 15.6 Å². The van der Waals surface area contributed by atoms with Gasteiger partial charge in [0.05, 0.1) is 10.4 Å². The van der Waals surface area contributed by atoms with Crippen molar-refractivity contribution in [3.05, 3.63) is 95.8 Å². The number of benzene rings is 2. The molecule has 5 rings (SSSR count). The molecule has 0 aliphatic carbocycles. The lowest BCUT2D eigenvalue weighted by atomic mass is 9.88. The second kappa shape index (κ2) is 7.06. The number of pyridine rings is 1. The topological polar surface area (TPSA) is 53.5 Å². The zero-order valence-electron chi connectivity index (χ0n) is 16.1. The predicted octanol–water partition coefficient (Wildman–Crippen LogP) is 3.39. The van der Waals surface area contributed by atoms with Crippen LogP contribution in [0.1, 0.15) is 23.1 Å². The fourth-order valence-corrected chi connectivity index (χ4v) is 6.77. The van der Waals surface area contributed by atoms with E-state index in [0.717, 1.165) is 30.6 Å². The van der Waals surface area contributed by atoms with Crippen LogP contribution in [0, 0.1) is 0 Å². The molecule has 1 aromatic heterocycles. The predicted molar refractivity (Wildman–Crippen MR) is 111 cm³/mol. The summed E-state index contributed by atoms with van der Waals surface area (Å²) in [4.78, 5) is 6.90. The van der Waals surface area contributed by atoms with Gasteiger partial charge in [0.1, 0.15) is 0 Å². The first-order chi connectivity index (χ1) is 14.1. The number of hydrogen-bond donors (Lipinski definition) is 0. The molecule has 2 aliphatic rings. The fourth-order valence-electron chi connectivity index (χ4n) is 4.72. The van der Waals surface area contributed by atoms with Crippen LogP contribution in [0.15, 0.2) is 84.0 Å². The Morgan fingerprint density at radius 3 is 2.34 bits per heavy atom. The number of likely N-dealkylation sites (tertiary alicyclic amines) is 1. The summed E-state index contributed by atoms with van der Waals surface area (Å²) in [5.41, 5.74) is 2.63. The van der Waals surface area contributed by atoms with E-state index >= 15 is 0 Å². The second-order valence-corrected chi connectivity index (χ2v) is 9.67. The highest BCUT2D eigenvalue weighted by Gasteiger charge is 2.56. The Kier molecular flexibility index (Phi) is 4.50. The molecule has 6 heteroatoms. The molecule has 1 atom stereocenters. The maximum Gasteiger partial charge on any atom is 0.244 e. The van der Waals surface area contributed by atoms with Crippen molar-refractivity contribution < 1.29 is 8.42 Å². The van der Waals surface area contributed by atoms with Gasteiger partial charge in [-0.1, -0.05) is 48.5 Å². The summed E-state index contributed by atoms with van der Waals surface area (Å²) in [5, 5.41) is 0. The Balaban J connectivity index is 1.53. The summed E-state index contributed by atoms with van der Waals surface area (Å²) in [7, 11) is -3.54. The summed E-state index contributed by atoms with van der Waals surface area (Å²) in [5.74, 6) is 0. The molecule has 0 bridgehead atoms. The van der Waals surface area contributed by atoms with Gasteiger partial charge in [-0.15, -0.1) is 0 Å². The molecule has 1 saturated heterocycles. The summed E-state index contributed by atoms with van der Waals surface area (Å²) >= 11 is 0. The van der Waals surface area contributed by atoms with Gasteiger partial charge in [-0.3, -0.25) is 9.88 Å². The third-order valence-corrected chi connectivity index (χ3v) is 8.06. The highest BCUT2D eigenvalue weighted by Crippen LogP contribution is 2.50. The molecule has 1 unspecified atom stereocenters. The normalized spacial score (nSPS) is 23.4. The lowest BCUT2D eigenvalue weighted by Crippen LogP contribution is -2.45. The average molecular weight is 406 g/mol. The molecule has 29 heavy (non-hydrogen) atoms. The van der Waals surface area contributed by atoms with Gasteiger partial charge in [-0.25, -0.2) is 8.42 Å². The van der Waals surface area contributed by atoms with E-state index in [1.165, 1.54) is 5.56 Å². The zero-order chi connectivity index (χ0) is 19.9. The van der Waals surface area contributed by atoms with Gasteiger partial charge in [0, 0.05) is 38.6 Å². The van der Waals surface area contributed by atoms with Crippen LogP contribution in [-0.4, -0.2) is 35.7 Å². The molecule has 0 saturated carbocycles. The molecule has 1 fully saturated rings. The van der Waals surface area contributed by atoms with Crippen LogP contribution in [0.4, 0.5) is 0 Å². The largest absolute Gasteiger partial charge is 0.297 e. The monoisotopic (exact) mass is 405 g/mol. The number of fused-ring (bicyclic) bond motifs is 2. The van der Waals surface area contributed by atoms with Crippen LogP contribution >= 0.6 is 0 Å². The Hall–Kier alpha value is -2.54. The minimum Gasteiger partial charge on any atom is -0.297 e. The van der Waals surface area contributed by atoms with Crippen LogP contribution < -0.4 is 0 Å². The second-order valence-electron chi connectivity index (χ2n) is 7.84. The van der Waals surface area contributed by atoms with Crippen molar-refractivity contribution in [2.24, 2.45) is 0 Å². The third kappa shape index (κ3) is 3.08. The Morgan fingerprint density at radius 2 is 1.55 bits per heavy atom. The Bertz CT molecular complexity index is 1120. The van der Waals surface area contributed by atoms with Gasteiger partial charge in [-0.05, 0) is 41.3 Å². The van der Waals surface area contributed by atoms with E-state index in [2.05, 4.69) is 9.88 Å². The van der Waals surface area contributed by atoms with Gasteiger partial charge in [-0.2, -0.15) is 4.31 Å². The maximum atomic E-state index is 13.5. The molecular weight excluding hydrogens is 382 g/mol. The standard InChI is InChI=1S/C23H23N3O2S/c27-29(28)22-9-5-4-8-21(22)23(26(29)17-19-6-2-1-3-7-19)12-15-25(18-23)16-20-10-13-24-14-11-20/h1-11,13-14H,12,15-18H2. The zero-order valence-corrected chi connectivity index (χ0v) is 16.9. The van der Waals surface area contributed by atoms with Gasteiger partial charge in [0.25, 0.3) is 0 Å². The van der Waals surface area contributed by atoms with E-state index in [1.807, 2.05) is 60.7 Å². The smallest absolute Gasteiger partial charge is 0.244 e. The van der Waals surface area contributed by atoms with Gasteiger partial charge < -0.3 is 0 Å². The van der Waals surface area contributed by atoms with Crippen molar-refractivity contribution in [2.45, 2.75) is 29.9 Å². The molecule has 2 aromatic carbocycles. The first kappa shape index (κ1) is 18.5. The van der Waals surface area contributed by atoms with Gasteiger partial charge in [0.15, 0.2) is 0 Å². The van der Waals surface area contributed by atoms with E-state index in [9.17, 15) is 8.42 Å². The Labute approximate surface area is 171 Å². The molecule has 2 aliphatic heterocycles. The van der Waals surface area contributed by atoms with E-state index in [0.29, 0.717) is 18.0 Å². The fraction of sp³-hybridized carbons (Fsp3) is 0.261. The van der Waals surface area contributed by atoms with Crippen LogP contribution in [0.3, 0.4) is 0 Å². The molecule has 5 nitrogen and oxygen atoms in total. The number of sulfonamides is 1. The molecule has 3 heterocycles. The minimum atomic E-state index is -3.54. The molecule has 0 N–H and O–H groups in total. The van der Waals surface area contributed by atoms with E-state index in [1.54, 1.807) is 22.8 Å².